The van der Waals surface area contributed by atoms with E-state index in [0.29, 0.717) is 17.2 Å². The molecular formula is C22H23N3O5. The number of methoxy groups -OCH3 is 1. The van der Waals surface area contributed by atoms with Crippen molar-refractivity contribution in [2.24, 2.45) is 5.92 Å². The van der Waals surface area contributed by atoms with E-state index in [2.05, 4.69) is 5.32 Å². The van der Waals surface area contributed by atoms with Gasteiger partial charge in [0.05, 0.1) is 25.3 Å². The van der Waals surface area contributed by atoms with Crippen LogP contribution in [0.5, 0.6) is 11.5 Å². The van der Waals surface area contributed by atoms with Gasteiger partial charge < -0.3 is 24.6 Å². The smallest absolute Gasteiger partial charge is 0.262 e. The minimum Gasteiger partial charge on any atom is -0.497 e. The molecule has 8 heteroatoms. The summed E-state index contributed by atoms with van der Waals surface area (Å²) in [4.78, 5) is 41.3. The predicted octanol–water partition coefficient (Wildman–Crippen LogP) is 1.59. The molecule has 0 bridgehead atoms. The van der Waals surface area contributed by atoms with Crippen LogP contribution in [0.3, 0.4) is 0 Å². The first-order valence-electron chi connectivity index (χ1n) is 9.75. The van der Waals surface area contributed by atoms with Crippen molar-refractivity contribution in [3.63, 3.8) is 0 Å². The number of rotatable bonds is 4. The predicted molar refractivity (Wildman–Crippen MR) is 111 cm³/mol. The van der Waals surface area contributed by atoms with Gasteiger partial charge in [0.15, 0.2) is 6.10 Å². The maximum absolute atomic E-state index is 13.4. The molecule has 8 nitrogen and oxygen atoms in total. The molecular weight excluding hydrogens is 386 g/mol. The van der Waals surface area contributed by atoms with Crippen molar-refractivity contribution in [1.82, 2.24) is 5.32 Å². The summed E-state index contributed by atoms with van der Waals surface area (Å²) in [6.07, 6.45) is -0.682. The molecule has 2 atom stereocenters. The zero-order valence-electron chi connectivity index (χ0n) is 16.8. The van der Waals surface area contributed by atoms with E-state index in [-0.39, 0.29) is 37.2 Å². The number of fused-ring (bicyclic) bond motifs is 1. The summed E-state index contributed by atoms with van der Waals surface area (Å²) < 4.78 is 10.9. The number of anilines is 2. The Morgan fingerprint density at radius 2 is 1.83 bits per heavy atom. The summed E-state index contributed by atoms with van der Waals surface area (Å²) in [7, 11) is 3.11. The van der Waals surface area contributed by atoms with Gasteiger partial charge in [-0.3, -0.25) is 14.4 Å². The number of carbonyl (C=O) groups excluding carboxylic acids is 3. The highest BCUT2D eigenvalue weighted by Gasteiger charge is 2.41. The first-order valence-corrected chi connectivity index (χ1v) is 9.75. The molecule has 1 N–H and O–H groups in total. The van der Waals surface area contributed by atoms with Crippen LogP contribution in [0.25, 0.3) is 0 Å². The van der Waals surface area contributed by atoms with Crippen LogP contribution in [0.1, 0.15) is 6.42 Å². The Labute approximate surface area is 174 Å². The van der Waals surface area contributed by atoms with E-state index in [1.54, 1.807) is 59.4 Å². The second-order valence-corrected chi connectivity index (χ2v) is 7.24. The maximum Gasteiger partial charge on any atom is 0.262 e. The van der Waals surface area contributed by atoms with Gasteiger partial charge in [-0.05, 0) is 36.4 Å². The largest absolute Gasteiger partial charge is 0.497 e. The highest BCUT2D eigenvalue weighted by atomic mass is 16.5. The van der Waals surface area contributed by atoms with Crippen LogP contribution >= 0.6 is 0 Å². The second-order valence-electron chi connectivity index (χ2n) is 7.24. The molecule has 0 aromatic heterocycles. The van der Waals surface area contributed by atoms with Gasteiger partial charge in [-0.15, -0.1) is 0 Å². The van der Waals surface area contributed by atoms with Crippen molar-refractivity contribution in [3.05, 3.63) is 48.5 Å². The summed E-state index contributed by atoms with van der Waals surface area (Å²) in [5.41, 5.74) is 1.33. The molecule has 2 aliphatic rings. The monoisotopic (exact) mass is 409 g/mol. The van der Waals surface area contributed by atoms with Crippen molar-refractivity contribution < 1.29 is 23.9 Å². The lowest BCUT2D eigenvalue weighted by molar-refractivity contribution is -0.128. The SMILES string of the molecule is CNC(=O)[C@@H]1CN(C(=O)[C@@H]2CC(=O)N(c3ccc(OC)cc3)C2)c2ccccc2O1. The number of amides is 3. The molecule has 0 radical (unpaired) electrons. The van der Waals surface area contributed by atoms with Crippen molar-refractivity contribution in [2.75, 3.05) is 37.0 Å². The van der Waals surface area contributed by atoms with E-state index in [4.69, 9.17) is 9.47 Å². The minimum atomic E-state index is -0.802. The van der Waals surface area contributed by atoms with Gasteiger partial charge >= 0.3 is 0 Å². The summed E-state index contributed by atoms with van der Waals surface area (Å²) >= 11 is 0. The molecule has 156 valence electrons. The number of nitrogens with one attached hydrogen (secondary N) is 1. The molecule has 0 saturated carbocycles. The van der Waals surface area contributed by atoms with Gasteiger partial charge in [-0.2, -0.15) is 0 Å². The van der Waals surface area contributed by atoms with Gasteiger partial charge in [-0.25, -0.2) is 0 Å². The lowest BCUT2D eigenvalue weighted by Crippen LogP contribution is -2.51. The summed E-state index contributed by atoms with van der Waals surface area (Å²) in [5.74, 6) is 0.0675. The second kappa shape index (κ2) is 8.06. The standard InChI is InChI=1S/C22H23N3O5/c1-23-21(27)19-13-25(17-5-3-4-6-18(17)30-19)22(28)14-11-20(26)24(12-14)15-7-9-16(29-2)10-8-15/h3-10,14,19H,11-13H2,1-2H3,(H,23,27)/t14-,19+/m1/s1. The minimum absolute atomic E-state index is 0.0999. The van der Waals surface area contributed by atoms with E-state index in [1.807, 2.05) is 6.07 Å². The Morgan fingerprint density at radius 1 is 1.10 bits per heavy atom. The molecule has 1 fully saturated rings. The quantitative estimate of drug-likeness (QED) is 0.829. The van der Waals surface area contributed by atoms with Crippen molar-refractivity contribution in [1.29, 1.82) is 0 Å². The average molecular weight is 409 g/mol. The third-order valence-electron chi connectivity index (χ3n) is 5.44. The number of carbonyl (C=O) groups is 3. The number of hydrogen-bond donors (Lipinski definition) is 1. The number of hydrogen-bond acceptors (Lipinski definition) is 5. The summed E-state index contributed by atoms with van der Waals surface area (Å²) in [6, 6.07) is 14.3. The normalized spacial score (nSPS) is 20.4. The Hall–Kier alpha value is -3.55. The van der Waals surface area contributed by atoms with Crippen molar-refractivity contribution in [2.45, 2.75) is 12.5 Å². The van der Waals surface area contributed by atoms with Crippen LogP contribution in [-0.4, -0.2) is 51.1 Å². The Bertz CT molecular complexity index is 975. The van der Waals surface area contributed by atoms with E-state index in [9.17, 15) is 14.4 Å². The van der Waals surface area contributed by atoms with Crippen molar-refractivity contribution >= 4 is 29.1 Å². The number of benzene rings is 2. The highest BCUT2D eigenvalue weighted by molar-refractivity contribution is 6.05. The molecule has 2 aromatic carbocycles. The molecule has 2 aromatic rings. The lowest BCUT2D eigenvalue weighted by atomic mass is 10.0. The third-order valence-corrected chi connectivity index (χ3v) is 5.44. The summed E-state index contributed by atoms with van der Waals surface area (Å²) in [6.45, 7) is 0.386. The molecule has 30 heavy (non-hydrogen) atoms. The number of nitrogens with zero attached hydrogens (tertiary/aromatic N) is 2. The average Bonchev–Trinajstić information content (AvgIpc) is 3.18. The molecule has 3 amide bonds. The maximum atomic E-state index is 13.4. The van der Waals surface area contributed by atoms with Crippen LogP contribution < -0.4 is 24.6 Å². The first-order chi connectivity index (χ1) is 14.5. The highest BCUT2D eigenvalue weighted by Crippen LogP contribution is 2.36. The molecule has 0 unspecified atom stereocenters. The number of para-hydroxylation sites is 2. The molecule has 0 aliphatic carbocycles. The van der Waals surface area contributed by atoms with E-state index in [0.717, 1.165) is 5.69 Å². The molecule has 2 aliphatic heterocycles. The molecule has 4 rings (SSSR count). The topological polar surface area (TPSA) is 88.2 Å². The van der Waals surface area contributed by atoms with Gasteiger partial charge in [0.1, 0.15) is 11.5 Å². The Kier molecular flexibility index (Phi) is 5.31. The summed E-state index contributed by atoms with van der Waals surface area (Å²) in [5, 5.41) is 2.56. The molecule has 0 spiro atoms. The number of ether oxygens (including phenoxy) is 2. The van der Waals surface area contributed by atoms with Crippen LogP contribution in [0.4, 0.5) is 11.4 Å². The van der Waals surface area contributed by atoms with E-state index >= 15 is 0 Å². The van der Waals surface area contributed by atoms with Crippen LogP contribution in [-0.2, 0) is 14.4 Å². The van der Waals surface area contributed by atoms with Gasteiger partial charge in [0.2, 0.25) is 11.8 Å². The van der Waals surface area contributed by atoms with Crippen LogP contribution in [0.2, 0.25) is 0 Å². The fourth-order valence-electron chi connectivity index (χ4n) is 3.85. The Morgan fingerprint density at radius 3 is 2.53 bits per heavy atom. The van der Waals surface area contributed by atoms with Gasteiger partial charge in [-0.1, -0.05) is 12.1 Å². The zero-order valence-corrected chi connectivity index (χ0v) is 16.8. The molecule has 2 heterocycles. The lowest BCUT2D eigenvalue weighted by Gasteiger charge is -2.35. The molecule has 1 saturated heterocycles. The fourth-order valence-corrected chi connectivity index (χ4v) is 3.85. The van der Waals surface area contributed by atoms with Gasteiger partial charge in [0.25, 0.3) is 5.91 Å². The van der Waals surface area contributed by atoms with Crippen LogP contribution in [0.15, 0.2) is 48.5 Å². The van der Waals surface area contributed by atoms with Crippen LogP contribution in [0, 0.1) is 5.92 Å². The Balaban J connectivity index is 1.56. The zero-order chi connectivity index (χ0) is 21.3. The fraction of sp³-hybridized carbons (Fsp3) is 0.318. The first kappa shape index (κ1) is 19.8. The third kappa shape index (κ3) is 3.56. The van der Waals surface area contributed by atoms with Crippen molar-refractivity contribution in [3.8, 4) is 11.5 Å². The number of likely N-dealkylation sites (N-methyl/N-ethyl adjacent to an activating group) is 1. The van der Waals surface area contributed by atoms with E-state index in [1.165, 1.54) is 7.05 Å². The van der Waals surface area contributed by atoms with E-state index < -0.39 is 12.0 Å². The van der Waals surface area contributed by atoms with Gasteiger partial charge in [0, 0.05) is 25.7 Å².